The Morgan fingerprint density at radius 1 is 1.11 bits per heavy atom. The van der Waals surface area contributed by atoms with Gasteiger partial charge in [-0.2, -0.15) is 0 Å². The van der Waals surface area contributed by atoms with Gasteiger partial charge in [-0.15, -0.1) is 0 Å². The minimum absolute atomic E-state index is 0.753. The normalized spacial score (nSPS) is 10.3. The summed E-state index contributed by atoms with van der Waals surface area (Å²) in [5, 5.41) is 4.19. The third-order valence-corrected chi connectivity index (χ3v) is 3.36. The van der Waals surface area contributed by atoms with Crippen LogP contribution in [0.2, 0.25) is 5.02 Å². The number of anilines is 1. The van der Waals surface area contributed by atoms with Crippen LogP contribution in [0.1, 0.15) is 16.7 Å². The highest BCUT2D eigenvalue weighted by atomic mass is 35.5. The SMILES string of the molecule is COc1ccc(C)cc1NCc1ccc(Cl)cc1C. The first-order chi connectivity index (χ1) is 9.10. The van der Waals surface area contributed by atoms with Gasteiger partial charge in [0.2, 0.25) is 0 Å². The smallest absolute Gasteiger partial charge is 0.141 e. The van der Waals surface area contributed by atoms with Crippen molar-refractivity contribution in [1.29, 1.82) is 0 Å². The zero-order chi connectivity index (χ0) is 13.8. The highest BCUT2D eigenvalue weighted by Gasteiger charge is 2.04. The molecule has 1 N–H and O–H groups in total. The van der Waals surface area contributed by atoms with Gasteiger partial charge < -0.3 is 10.1 Å². The van der Waals surface area contributed by atoms with Crippen molar-refractivity contribution in [2.24, 2.45) is 0 Å². The van der Waals surface area contributed by atoms with Gasteiger partial charge in [0.1, 0.15) is 5.75 Å². The Morgan fingerprint density at radius 3 is 2.58 bits per heavy atom. The van der Waals surface area contributed by atoms with Gasteiger partial charge >= 0.3 is 0 Å². The van der Waals surface area contributed by atoms with E-state index in [4.69, 9.17) is 16.3 Å². The molecule has 3 heteroatoms. The maximum Gasteiger partial charge on any atom is 0.141 e. The Labute approximate surface area is 119 Å². The van der Waals surface area contributed by atoms with Crippen LogP contribution in [-0.2, 0) is 6.54 Å². The van der Waals surface area contributed by atoms with Crippen molar-refractivity contribution in [3.05, 3.63) is 58.1 Å². The number of nitrogens with one attached hydrogen (secondary N) is 1. The highest BCUT2D eigenvalue weighted by Crippen LogP contribution is 2.26. The van der Waals surface area contributed by atoms with E-state index in [1.54, 1.807) is 7.11 Å². The lowest BCUT2D eigenvalue weighted by atomic mass is 10.1. The minimum atomic E-state index is 0.753. The molecule has 0 aromatic heterocycles. The molecule has 2 aromatic rings. The van der Waals surface area contributed by atoms with Crippen LogP contribution in [0.4, 0.5) is 5.69 Å². The lowest BCUT2D eigenvalue weighted by Gasteiger charge is -2.13. The zero-order valence-electron chi connectivity index (χ0n) is 11.5. The summed E-state index contributed by atoms with van der Waals surface area (Å²) in [5.41, 5.74) is 4.63. The molecule has 2 nitrogen and oxygen atoms in total. The summed E-state index contributed by atoms with van der Waals surface area (Å²) in [6.45, 7) is 4.89. The molecule has 2 aromatic carbocycles. The van der Waals surface area contributed by atoms with E-state index in [0.717, 1.165) is 23.0 Å². The number of benzene rings is 2. The van der Waals surface area contributed by atoms with Gasteiger partial charge in [0.15, 0.2) is 0 Å². The van der Waals surface area contributed by atoms with Gasteiger partial charge in [0.05, 0.1) is 12.8 Å². The van der Waals surface area contributed by atoms with E-state index >= 15 is 0 Å². The van der Waals surface area contributed by atoms with Crippen molar-refractivity contribution in [3.63, 3.8) is 0 Å². The minimum Gasteiger partial charge on any atom is -0.495 e. The molecule has 0 aliphatic heterocycles. The zero-order valence-corrected chi connectivity index (χ0v) is 12.2. The van der Waals surface area contributed by atoms with E-state index in [9.17, 15) is 0 Å². The second-order valence-corrected chi connectivity index (χ2v) is 5.06. The average Bonchev–Trinajstić information content (AvgIpc) is 2.38. The molecule has 0 unspecified atom stereocenters. The molecule has 100 valence electrons. The number of rotatable bonds is 4. The summed E-state index contributed by atoms with van der Waals surface area (Å²) < 4.78 is 5.35. The topological polar surface area (TPSA) is 21.3 Å². The number of methoxy groups -OCH3 is 1. The fraction of sp³-hybridized carbons (Fsp3) is 0.250. The van der Waals surface area contributed by atoms with Crippen LogP contribution >= 0.6 is 11.6 Å². The van der Waals surface area contributed by atoms with Crippen LogP contribution in [0, 0.1) is 13.8 Å². The molecule has 0 radical (unpaired) electrons. The van der Waals surface area contributed by atoms with Crippen LogP contribution in [0.15, 0.2) is 36.4 Å². The van der Waals surface area contributed by atoms with E-state index in [2.05, 4.69) is 25.2 Å². The van der Waals surface area contributed by atoms with Gasteiger partial charge in [0.25, 0.3) is 0 Å². The van der Waals surface area contributed by atoms with E-state index in [1.807, 2.05) is 30.3 Å². The fourth-order valence-corrected chi connectivity index (χ4v) is 2.23. The Hall–Kier alpha value is -1.67. The summed E-state index contributed by atoms with van der Waals surface area (Å²) in [7, 11) is 1.68. The third kappa shape index (κ3) is 3.42. The molecule has 0 saturated carbocycles. The summed E-state index contributed by atoms with van der Waals surface area (Å²) >= 11 is 5.96. The Kier molecular flexibility index (Phi) is 4.33. The van der Waals surface area contributed by atoms with Crippen LogP contribution in [0.25, 0.3) is 0 Å². The summed E-state index contributed by atoms with van der Waals surface area (Å²) in [4.78, 5) is 0. The molecule has 0 fully saturated rings. The standard InChI is InChI=1S/C16H18ClNO/c1-11-4-7-16(19-3)15(8-11)18-10-13-5-6-14(17)9-12(13)2/h4-9,18H,10H2,1-3H3. The molecule has 19 heavy (non-hydrogen) atoms. The maximum atomic E-state index is 5.96. The molecule has 0 aliphatic carbocycles. The molecular weight excluding hydrogens is 258 g/mol. The number of hydrogen-bond donors (Lipinski definition) is 1. The first-order valence-corrected chi connectivity index (χ1v) is 6.61. The number of aryl methyl sites for hydroxylation is 2. The van der Waals surface area contributed by atoms with Crippen molar-refractivity contribution in [3.8, 4) is 5.75 Å². The maximum absolute atomic E-state index is 5.96. The summed E-state index contributed by atoms with van der Waals surface area (Å²) in [6.07, 6.45) is 0. The van der Waals surface area contributed by atoms with Crippen LogP contribution < -0.4 is 10.1 Å². The average molecular weight is 276 g/mol. The molecule has 2 rings (SSSR count). The predicted octanol–water partition coefficient (Wildman–Crippen LogP) is 4.58. The molecule has 0 aliphatic rings. The van der Waals surface area contributed by atoms with Gasteiger partial charge in [0, 0.05) is 11.6 Å². The predicted molar refractivity (Wildman–Crippen MR) is 81.2 cm³/mol. The largest absolute Gasteiger partial charge is 0.495 e. The van der Waals surface area contributed by atoms with Crippen molar-refractivity contribution >= 4 is 17.3 Å². The van der Waals surface area contributed by atoms with Gasteiger partial charge in [-0.05, 0) is 54.8 Å². The lowest BCUT2D eigenvalue weighted by Crippen LogP contribution is -2.03. The molecule has 0 amide bonds. The first-order valence-electron chi connectivity index (χ1n) is 6.23. The third-order valence-electron chi connectivity index (χ3n) is 3.13. The monoisotopic (exact) mass is 275 g/mol. The molecule has 0 atom stereocenters. The van der Waals surface area contributed by atoms with Crippen molar-refractivity contribution in [1.82, 2.24) is 0 Å². The van der Waals surface area contributed by atoms with Crippen LogP contribution in [0.3, 0.4) is 0 Å². The number of hydrogen-bond acceptors (Lipinski definition) is 2. The first kappa shape index (κ1) is 13.8. The van der Waals surface area contributed by atoms with E-state index in [0.29, 0.717) is 0 Å². The highest BCUT2D eigenvalue weighted by molar-refractivity contribution is 6.30. The van der Waals surface area contributed by atoms with Crippen molar-refractivity contribution in [2.75, 3.05) is 12.4 Å². The van der Waals surface area contributed by atoms with Gasteiger partial charge in [-0.1, -0.05) is 23.7 Å². The fourth-order valence-electron chi connectivity index (χ4n) is 2.01. The Balaban J connectivity index is 2.16. The van der Waals surface area contributed by atoms with Crippen molar-refractivity contribution < 1.29 is 4.74 Å². The molecule has 0 spiro atoms. The number of ether oxygens (including phenoxy) is 1. The Morgan fingerprint density at radius 2 is 1.89 bits per heavy atom. The Bertz CT molecular complexity index is 581. The summed E-state index contributed by atoms with van der Waals surface area (Å²) in [5.74, 6) is 0.859. The number of halogens is 1. The van der Waals surface area contributed by atoms with Crippen LogP contribution in [0.5, 0.6) is 5.75 Å². The molecule has 0 heterocycles. The van der Waals surface area contributed by atoms with Gasteiger partial charge in [-0.3, -0.25) is 0 Å². The van der Waals surface area contributed by atoms with E-state index in [-0.39, 0.29) is 0 Å². The lowest BCUT2D eigenvalue weighted by molar-refractivity contribution is 0.416. The van der Waals surface area contributed by atoms with Crippen LogP contribution in [-0.4, -0.2) is 7.11 Å². The molecular formula is C16H18ClNO. The quantitative estimate of drug-likeness (QED) is 0.882. The van der Waals surface area contributed by atoms with Crippen molar-refractivity contribution in [2.45, 2.75) is 20.4 Å². The van der Waals surface area contributed by atoms with E-state index < -0.39 is 0 Å². The van der Waals surface area contributed by atoms with Gasteiger partial charge in [-0.25, -0.2) is 0 Å². The second-order valence-electron chi connectivity index (χ2n) is 4.63. The second kappa shape index (κ2) is 5.98. The molecule has 0 bridgehead atoms. The molecule has 0 saturated heterocycles. The summed E-state index contributed by atoms with van der Waals surface area (Å²) in [6, 6.07) is 12.0. The van der Waals surface area contributed by atoms with E-state index in [1.165, 1.54) is 16.7 Å².